The predicted molar refractivity (Wildman–Crippen MR) is 171 cm³/mol. The first-order chi connectivity index (χ1) is 19.5. The summed E-state index contributed by atoms with van der Waals surface area (Å²) in [7, 11) is 0. The molecule has 2 fully saturated rings. The van der Waals surface area contributed by atoms with Gasteiger partial charge in [0.2, 0.25) is 0 Å². The molecule has 2 amide bonds. The van der Waals surface area contributed by atoms with Crippen molar-refractivity contribution in [3.63, 3.8) is 0 Å². The minimum atomic E-state index is -0.556. The number of benzene rings is 3. The standard InChI is InChI=1S/C31H31N3O4S2.ClH/c32-29(35)26-7-2-3-8-27(26)38-25-13-9-22(10-14-25)21-28-30(36)34(31(39)40-28)23-11-15-24(16-12-23)37-20-6-19-33-17-4-1-5-18-33;/h2-3,7-16,21H,1,4-6,17-20H2,(H2,32,35);1H. The van der Waals surface area contributed by atoms with Crippen LogP contribution in [0.15, 0.2) is 77.7 Å². The van der Waals surface area contributed by atoms with E-state index in [1.54, 1.807) is 47.4 Å². The monoisotopic (exact) mass is 609 g/mol. The van der Waals surface area contributed by atoms with Crippen molar-refractivity contribution in [2.24, 2.45) is 5.73 Å². The molecule has 0 spiro atoms. The molecule has 2 aliphatic rings. The van der Waals surface area contributed by atoms with Crippen molar-refractivity contribution in [3.8, 4) is 17.2 Å². The second-order valence-electron chi connectivity index (χ2n) is 9.65. The van der Waals surface area contributed by atoms with E-state index in [0.29, 0.717) is 38.6 Å². The van der Waals surface area contributed by atoms with Gasteiger partial charge in [-0.1, -0.05) is 54.7 Å². The number of piperidine rings is 1. The summed E-state index contributed by atoms with van der Waals surface area (Å²) in [6.45, 7) is 4.13. The third-order valence-electron chi connectivity index (χ3n) is 6.78. The maximum atomic E-state index is 13.2. The van der Waals surface area contributed by atoms with E-state index in [2.05, 4.69) is 4.90 Å². The van der Waals surface area contributed by atoms with Gasteiger partial charge in [-0.05, 0) is 92.5 Å². The second kappa shape index (κ2) is 14.5. The van der Waals surface area contributed by atoms with Gasteiger partial charge in [0.25, 0.3) is 11.8 Å². The van der Waals surface area contributed by atoms with Gasteiger partial charge in [-0.25, -0.2) is 0 Å². The number of likely N-dealkylation sites (tertiary alicyclic amines) is 1. The smallest absolute Gasteiger partial charge is 0.270 e. The fourth-order valence-corrected chi connectivity index (χ4v) is 6.01. The number of halogens is 1. The molecule has 7 nitrogen and oxygen atoms in total. The molecule has 2 heterocycles. The molecule has 41 heavy (non-hydrogen) atoms. The van der Waals surface area contributed by atoms with Crippen LogP contribution < -0.4 is 20.1 Å². The molecule has 0 unspecified atom stereocenters. The van der Waals surface area contributed by atoms with E-state index < -0.39 is 5.91 Å². The Labute approximate surface area is 256 Å². The molecule has 2 aliphatic heterocycles. The number of rotatable bonds is 10. The van der Waals surface area contributed by atoms with Gasteiger partial charge < -0.3 is 20.1 Å². The molecule has 0 aromatic heterocycles. The second-order valence-corrected chi connectivity index (χ2v) is 11.3. The molecule has 0 aliphatic carbocycles. The Hall–Kier alpha value is -3.37. The minimum absolute atomic E-state index is 0. The number of para-hydroxylation sites is 1. The topological polar surface area (TPSA) is 85.1 Å². The average Bonchev–Trinajstić information content (AvgIpc) is 3.25. The number of hydrogen-bond acceptors (Lipinski definition) is 7. The van der Waals surface area contributed by atoms with Crippen LogP contribution >= 0.6 is 36.4 Å². The number of thioether (sulfide) groups is 1. The molecule has 2 saturated heterocycles. The Morgan fingerprint density at radius 1 is 0.951 bits per heavy atom. The number of amides is 2. The summed E-state index contributed by atoms with van der Waals surface area (Å²) in [6, 6.07) is 21.5. The van der Waals surface area contributed by atoms with Crippen LogP contribution in [0.1, 0.15) is 41.6 Å². The van der Waals surface area contributed by atoms with Crippen molar-refractivity contribution in [2.75, 3.05) is 31.1 Å². The van der Waals surface area contributed by atoms with Gasteiger partial charge in [-0.3, -0.25) is 14.5 Å². The maximum Gasteiger partial charge on any atom is 0.270 e. The Bertz CT molecular complexity index is 1410. The van der Waals surface area contributed by atoms with Gasteiger partial charge in [0, 0.05) is 6.54 Å². The molecule has 10 heteroatoms. The van der Waals surface area contributed by atoms with Gasteiger partial charge in [0.15, 0.2) is 4.32 Å². The van der Waals surface area contributed by atoms with Gasteiger partial charge in [-0.2, -0.15) is 0 Å². The van der Waals surface area contributed by atoms with Crippen molar-refractivity contribution in [1.29, 1.82) is 0 Å². The number of anilines is 1. The van der Waals surface area contributed by atoms with Crippen molar-refractivity contribution >= 4 is 64.3 Å². The number of primary amides is 1. The van der Waals surface area contributed by atoms with Gasteiger partial charge in [0.1, 0.15) is 17.2 Å². The fourth-order valence-electron chi connectivity index (χ4n) is 4.71. The fraction of sp³-hybridized carbons (Fsp3) is 0.258. The van der Waals surface area contributed by atoms with Crippen molar-refractivity contribution < 1.29 is 19.1 Å². The highest BCUT2D eigenvalue weighted by Gasteiger charge is 2.33. The van der Waals surface area contributed by atoms with Gasteiger partial charge in [-0.15, -0.1) is 12.4 Å². The van der Waals surface area contributed by atoms with E-state index >= 15 is 0 Å². The maximum absolute atomic E-state index is 13.2. The molecule has 0 bridgehead atoms. The molecular formula is C31H32ClN3O4S2. The van der Waals surface area contributed by atoms with Crippen molar-refractivity contribution in [2.45, 2.75) is 25.7 Å². The summed E-state index contributed by atoms with van der Waals surface area (Å²) in [5, 5.41) is 0. The average molecular weight is 610 g/mol. The lowest BCUT2D eigenvalue weighted by Crippen LogP contribution is -2.31. The number of carbonyl (C=O) groups is 2. The van der Waals surface area contributed by atoms with E-state index in [-0.39, 0.29) is 18.3 Å². The lowest BCUT2D eigenvalue weighted by molar-refractivity contribution is -0.113. The van der Waals surface area contributed by atoms with Crippen LogP contribution in [0.25, 0.3) is 6.08 Å². The van der Waals surface area contributed by atoms with E-state index in [1.165, 1.54) is 44.1 Å². The lowest BCUT2D eigenvalue weighted by Gasteiger charge is -2.26. The molecule has 0 radical (unpaired) electrons. The van der Waals surface area contributed by atoms with Crippen LogP contribution in [0.3, 0.4) is 0 Å². The number of thiocarbonyl (C=S) groups is 1. The molecule has 2 N–H and O–H groups in total. The molecule has 3 aromatic rings. The van der Waals surface area contributed by atoms with Crippen molar-refractivity contribution in [1.82, 2.24) is 4.90 Å². The van der Waals surface area contributed by atoms with E-state index in [4.69, 9.17) is 27.4 Å². The Balaban J connectivity index is 0.00000387. The summed E-state index contributed by atoms with van der Waals surface area (Å²) in [6.07, 6.45) is 6.74. The van der Waals surface area contributed by atoms with Gasteiger partial charge in [0.05, 0.1) is 22.8 Å². The zero-order valence-corrected chi connectivity index (χ0v) is 24.9. The van der Waals surface area contributed by atoms with Gasteiger partial charge >= 0.3 is 0 Å². The first-order valence-electron chi connectivity index (χ1n) is 13.4. The van der Waals surface area contributed by atoms with E-state index in [0.717, 1.165) is 24.3 Å². The SMILES string of the molecule is Cl.NC(=O)c1ccccc1Oc1ccc(C=C2SC(=S)N(c3ccc(OCCCN4CCCCC4)cc3)C2=O)cc1. The van der Waals surface area contributed by atoms with Crippen LogP contribution in [0, 0.1) is 0 Å². The normalized spacial score (nSPS) is 16.5. The van der Waals surface area contributed by atoms with Crippen LogP contribution in [-0.4, -0.2) is 47.3 Å². The number of nitrogens with two attached hydrogens (primary N) is 1. The number of ether oxygens (including phenoxy) is 2. The number of nitrogens with zero attached hydrogens (tertiary/aromatic N) is 2. The van der Waals surface area contributed by atoms with Crippen LogP contribution in [-0.2, 0) is 4.79 Å². The summed E-state index contributed by atoms with van der Waals surface area (Å²) < 4.78 is 12.2. The molecule has 5 rings (SSSR count). The zero-order chi connectivity index (χ0) is 27.9. The van der Waals surface area contributed by atoms with Crippen molar-refractivity contribution in [3.05, 3.63) is 88.8 Å². The molecule has 214 valence electrons. The number of carbonyl (C=O) groups excluding carboxylic acids is 2. The molecular weight excluding hydrogens is 578 g/mol. The number of hydrogen-bond donors (Lipinski definition) is 1. The molecule has 0 saturated carbocycles. The summed E-state index contributed by atoms with van der Waals surface area (Å²) in [5.41, 5.74) is 7.28. The Kier molecular flexibility index (Phi) is 10.8. The largest absolute Gasteiger partial charge is 0.494 e. The Morgan fingerprint density at radius 3 is 2.34 bits per heavy atom. The lowest BCUT2D eigenvalue weighted by atomic mass is 10.1. The summed E-state index contributed by atoms with van der Waals surface area (Å²) in [4.78, 5) is 29.5. The first kappa shape index (κ1) is 30.6. The predicted octanol–water partition coefficient (Wildman–Crippen LogP) is 6.66. The van der Waals surface area contributed by atoms with Crippen LogP contribution in [0.2, 0.25) is 0 Å². The summed E-state index contributed by atoms with van der Waals surface area (Å²) in [5.74, 6) is 0.995. The van der Waals surface area contributed by atoms with E-state index in [9.17, 15) is 9.59 Å². The van der Waals surface area contributed by atoms with E-state index in [1.807, 2.05) is 36.4 Å². The van der Waals surface area contributed by atoms with Crippen LogP contribution in [0.5, 0.6) is 17.2 Å². The highest BCUT2D eigenvalue weighted by atomic mass is 35.5. The third-order valence-corrected chi connectivity index (χ3v) is 8.09. The third kappa shape index (κ3) is 7.89. The minimum Gasteiger partial charge on any atom is -0.494 e. The Morgan fingerprint density at radius 2 is 1.63 bits per heavy atom. The first-order valence-corrected chi connectivity index (χ1v) is 14.6. The quantitative estimate of drug-likeness (QED) is 0.156. The van der Waals surface area contributed by atoms with Crippen LogP contribution in [0.4, 0.5) is 5.69 Å². The summed E-state index contributed by atoms with van der Waals surface area (Å²) >= 11 is 6.80. The highest BCUT2D eigenvalue weighted by Crippen LogP contribution is 2.37. The highest BCUT2D eigenvalue weighted by molar-refractivity contribution is 8.27. The zero-order valence-electron chi connectivity index (χ0n) is 22.5. The molecule has 0 atom stereocenters. The molecule has 3 aromatic carbocycles.